The van der Waals surface area contributed by atoms with E-state index in [2.05, 4.69) is 66.1 Å². The molecule has 0 atom stereocenters. The Morgan fingerprint density at radius 3 is 2.71 bits per heavy atom. The number of thiophene rings is 2. The highest BCUT2D eigenvalue weighted by Crippen LogP contribution is 2.46. The number of hydrogen-bond donors (Lipinski definition) is 0. The molecule has 0 radical (unpaired) electrons. The van der Waals surface area contributed by atoms with Crippen LogP contribution >= 0.6 is 22.7 Å². The zero-order valence-electron chi connectivity index (χ0n) is 13.4. The summed E-state index contributed by atoms with van der Waals surface area (Å²) in [5.41, 5.74) is 2.53. The first kappa shape index (κ1) is 14.1. The minimum atomic E-state index is 1.03. The van der Waals surface area contributed by atoms with Crippen LogP contribution in [0.3, 0.4) is 0 Å². The van der Waals surface area contributed by atoms with E-state index >= 15 is 0 Å². The van der Waals surface area contributed by atoms with Crippen molar-refractivity contribution in [2.24, 2.45) is 7.05 Å². The van der Waals surface area contributed by atoms with Gasteiger partial charge in [-0.25, -0.2) is 4.57 Å². The Bertz CT molecular complexity index is 1230. The van der Waals surface area contributed by atoms with Crippen molar-refractivity contribution in [3.63, 3.8) is 0 Å². The van der Waals surface area contributed by atoms with E-state index in [1.807, 2.05) is 34.9 Å². The van der Waals surface area contributed by atoms with Gasteiger partial charge >= 0.3 is 5.82 Å². The van der Waals surface area contributed by atoms with Crippen LogP contribution in [0.5, 0.6) is 0 Å². The van der Waals surface area contributed by atoms with Gasteiger partial charge in [-0.2, -0.15) is 0 Å². The Labute approximate surface area is 147 Å². The first-order valence-electron chi connectivity index (χ1n) is 7.88. The van der Waals surface area contributed by atoms with Crippen molar-refractivity contribution < 1.29 is 4.57 Å². The van der Waals surface area contributed by atoms with Gasteiger partial charge in [0, 0.05) is 26.9 Å². The Morgan fingerprint density at radius 2 is 1.83 bits per heavy atom. The molecule has 3 aromatic heterocycles. The van der Waals surface area contributed by atoms with Gasteiger partial charge < -0.3 is 0 Å². The molecular formula is C20H15N2S2+. The largest absolute Gasteiger partial charge is 0.331 e. The van der Waals surface area contributed by atoms with Crippen molar-refractivity contribution in [3.05, 3.63) is 60.4 Å². The molecule has 0 spiro atoms. The van der Waals surface area contributed by atoms with E-state index in [0.29, 0.717) is 0 Å². The second-order valence-corrected chi connectivity index (χ2v) is 8.38. The maximum atomic E-state index is 4.65. The number of aryl methyl sites for hydroxylation is 2. The summed E-state index contributed by atoms with van der Waals surface area (Å²) in [4.78, 5) is 4.65. The number of nitrogens with zero attached hydrogens (tertiary/aromatic N) is 2. The fourth-order valence-electron chi connectivity index (χ4n) is 3.39. The van der Waals surface area contributed by atoms with E-state index in [4.69, 9.17) is 0 Å². The van der Waals surface area contributed by atoms with Crippen LogP contribution in [0.2, 0.25) is 0 Å². The number of rotatable bonds is 1. The third-order valence-electron chi connectivity index (χ3n) is 4.54. The molecule has 5 aromatic rings. The van der Waals surface area contributed by atoms with Gasteiger partial charge in [0.15, 0.2) is 0 Å². The molecule has 0 aliphatic heterocycles. The number of fused-ring (bicyclic) bond motifs is 5. The molecule has 0 fully saturated rings. The molecule has 0 saturated carbocycles. The molecule has 3 heterocycles. The zero-order chi connectivity index (χ0) is 16.3. The van der Waals surface area contributed by atoms with Crippen LogP contribution in [0.4, 0.5) is 0 Å². The van der Waals surface area contributed by atoms with Crippen LogP contribution in [0.25, 0.3) is 41.0 Å². The highest BCUT2D eigenvalue weighted by Gasteiger charge is 2.22. The van der Waals surface area contributed by atoms with E-state index in [1.165, 1.54) is 40.7 Å². The van der Waals surface area contributed by atoms with Gasteiger partial charge in [-0.3, -0.25) is 0 Å². The van der Waals surface area contributed by atoms with Crippen LogP contribution in [-0.2, 0) is 7.05 Å². The predicted molar refractivity (Wildman–Crippen MR) is 104 cm³/mol. The van der Waals surface area contributed by atoms with Crippen molar-refractivity contribution in [2.75, 3.05) is 0 Å². The van der Waals surface area contributed by atoms with Crippen LogP contribution < -0.4 is 4.57 Å². The quantitative estimate of drug-likeness (QED) is 0.368. The third kappa shape index (κ3) is 1.87. The summed E-state index contributed by atoms with van der Waals surface area (Å²) in [6.07, 6.45) is 3.94. The minimum Gasteiger partial charge on any atom is -0.233 e. The first-order chi connectivity index (χ1) is 11.7. The molecule has 0 unspecified atom stereocenters. The Balaban J connectivity index is 1.96. The molecule has 5 rings (SSSR count). The molecule has 0 bridgehead atoms. The second-order valence-electron chi connectivity index (χ2n) is 6.05. The number of benzene rings is 2. The van der Waals surface area contributed by atoms with Gasteiger partial charge in [0.05, 0.1) is 27.5 Å². The normalized spacial score (nSPS) is 11.8. The highest BCUT2D eigenvalue weighted by atomic mass is 32.2. The molecule has 2 aromatic carbocycles. The number of aromatic nitrogens is 2. The molecule has 4 heteroatoms. The monoisotopic (exact) mass is 347 g/mol. The summed E-state index contributed by atoms with van der Waals surface area (Å²) in [6, 6.07) is 15.2. The van der Waals surface area contributed by atoms with Gasteiger partial charge in [-0.15, -0.1) is 22.7 Å². The molecule has 2 nitrogen and oxygen atoms in total. The average molecular weight is 347 g/mol. The van der Waals surface area contributed by atoms with Gasteiger partial charge in [0.1, 0.15) is 6.20 Å². The number of hydrogen-bond acceptors (Lipinski definition) is 3. The third-order valence-corrected chi connectivity index (χ3v) is 7.03. The van der Waals surface area contributed by atoms with Crippen molar-refractivity contribution >= 4 is 52.2 Å². The average Bonchev–Trinajstić information content (AvgIpc) is 3.11. The van der Waals surface area contributed by atoms with E-state index in [-0.39, 0.29) is 0 Å². The summed E-state index contributed by atoms with van der Waals surface area (Å²) in [5.74, 6) is 1.03. The fourth-order valence-corrected chi connectivity index (χ4v) is 6.16. The molecule has 0 aliphatic carbocycles. The first-order valence-corrected chi connectivity index (χ1v) is 9.52. The lowest BCUT2D eigenvalue weighted by molar-refractivity contribution is -0.663. The lowest BCUT2D eigenvalue weighted by atomic mass is 10.0. The highest BCUT2D eigenvalue weighted by molar-refractivity contribution is 7.44. The Morgan fingerprint density at radius 1 is 0.958 bits per heavy atom. The van der Waals surface area contributed by atoms with Crippen molar-refractivity contribution in [2.45, 2.75) is 6.92 Å². The molecule has 116 valence electrons. The summed E-state index contributed by atoms with van der Waals surface area (Å²) in [5, 5.41) is 4.11. The summed E-state index contributed by atoms with van der Waals surface area (Å²) in [6.45, 7) is 2.18. The lowest BCUT2D eigenvalue weighted by Crippen LogP contribution is -2.31. The fraction of sp³-hybridized carbons (Fsp3) is 0.100. The summed E-state index contributed by atoms with van der Waals surface area (Å²) < 4.78 is 6.22. The molecule has 0 N–H and O–H groups in total. The van der Waals surface area contributed by atoms with Gasteiger partial charge in [0.25, 0.3) is 0 Å². The van der Waals surface area contributed by atoms with E-state index < -0.39 is 0 Å². The van der Waals surface area contributed by atoms with E-state index in [0.717, 1.165) is 5.82 Å². The van der Waals surface area contributed by atoms with Gasteiger partial charge in [0.2, 0.25) is 0 Å². The lowest BCUT2D eigenvalue weighted by Gasteiger charge is -2.04. The molecule has 0 aliphatic rings. The van der Waals surface area contributed by atoms with Crippen LogP contribution in [0.1, 0.15) is 5.56 Å². The molecule has 0 amide bonds. The summed E-state index contributed by atoms with van der Waals surface area (Å²) >= 11 is 3.79. The summed E-state index contributed by atoms with van der Waals surface area (Å²) in [7, 11) is 2.06. The predicted octanol–water partition coefficient (Wildman–Crippen LogP) is 5.46. The SMILES string of the molecule is Cc1ccc2c(sc3sc4ccccc4c32)c1-c1nccc[n+]1C. The van der Waals surface area contributed by atoms with Crippen molar-refractivity contribution in [1.29, 1.82) is 0 Å². The van der Waals surface area contributed by atoms with Crippen LogP contribution in [0, 0.1) is 6.92 Å². The minimum absolute atomic E-state index is 1.03. The van der Waals surface area contributed by atoms with E-state index in [9.17, 15) is 0 Å². The van der Waals surface area contributed by atoms with Gasteiger partial charge in [-0.05, 0) is 23.5 Å². The molecule has 24 heavy (non-hydrogen) atoms. The maximum Gasteiger partial charge on any atom is 0.331 e. The zero-order valence-corrected chi connectivity index (χ0v) is 15.0. The molecule has 0 saturated heterocycles. The maximum absolute atomic E-state index is 4.65. The standard InChI is InChI=1S/C20H15N2S2/c1-12-8-9-14-17-13-6-3-4-7-15(13)23-20(17)24-18(14)16(12)19-21-10-5-11-22(19)2/h3-11H,1-2H3/q+1. The second kappa shape index (κ2) is 5.10. The Hall–Kier alpha value is -2.30. The van der Waals surface area contributed by atoms with Crippen molar-refractivity contribution in [3.8, 4) is 11.4 Å². The van der Waals surface area contributed by atoms with Crippen molar-refractivity contribution in [1.82, 2.24) is 4.98 Å². The van der Waals surface area contributed by atoms with Gasteiger partial charge in [-0.1, -0.05) is 30.3 Å². The van der Waals surface area contributed by atoms with E-state index in [1.54, 1.807) is 0 Å². The van der Waals surface area contributed by atoms with Crippen LogP contribution in [-0.4, -0.2) is 4.98 Å². The van der Waals surface area contributed by atoms with Crippen LogP contribution in [0.15, 0.2) is 54.9 Å². The smallest absolute Gasteiger partial charge is 0.233 e. The Kier molecular flexibility index (Phi) is 2.99. The topological polar surface area (TPSA) is 16.8 Å². The molecular weight excluding hydrogens is 332 g/mol.